The molecule has 0 radical (unpaired) electrons. The molecular formula is C12H14ClN3S. The van der Waals surface area contributed by atoms with Gasteiger partial charge < -0.3 is 5.73 Å². The van der Waals surface area contributed by atoms with E-state index in [0.29, 0.717) is 5.69 Å². The van der Waals surface area contributed by atoms with Crippen molar-refractivity contribution in [1.29, 1.82) is 0 Å². The predicted octanol–water partition coefficient (Wildman–Crippen LogP) is 3.01. The Hall–Kier alpha value is -1.10. The molecule has 90 valence electrons. The Bertz CT molecular complexity index is 481. The van der Waals surface area contributed by atoms with E-state index in [1.165, 1.54) is 4.88 Å². The highest BCUT2D eigenvalue weighted by Gasteiger charge is 2.04. The third kappa shape index (κ3) is 3.70. The van der Waals surface area contributed by atoms with Crippen LogP contribution in [0.3, 0.4) is 0 Å². The fraction of sp³-hybridized carbons (Fsp3) is 0.250. The first-order valence-corrected chi connectivity index (χ1v) is 6.46. The van der Waals surface area contributed by atoms with Gasteiger partial charge in [0.15, 0.2) is 0 Å². The maximum atomic E-state index is 5.90. The Morgan fingerprint density at radius 3 is 2.71 bits per heavy atom. The summed E-state index contributed by atoms with van der Waals surface area (Å²) in [6.07, 6.45) is 1.69. The number of nitrogens with zero attached hydrogens (tertiary/aromatic N) is 2. The van der Waals surface area contributed by atoms with E-state index in [1.54, 1.807) is 17.5 Å². The molecule has 5 heteroatoms. The van der Waals surface area contributed by atoms with Crippen molar-refractivity contribution in [3.63, 3.8) is 0 Å². The normalized spacial score (nSPS) is 11.0. The second-order valence-electron chi connectivity index (χ2n) is 3.96. The zero-order valence-corrected chi connectivity index (χ0v) is 11.1. The van der Waals surface area contributed by atoms with Gasteiger partial charge >= 0.3 is 0 Å². The predicted molar refractivity (Wildman–Crippen MR) is 73.1 cm³/mol. The first kappa shape index (κ1) is 12.4. The molecule has 0 aromatic carbocycles. The molecule has 0 aliphatic heterocycles. The monoisotopic (exact) mass is 267 g/mol. The summed E-state index contributed by atoms with van der Waals surface area (Å²) < 4.78 is 0.832. The van der Waals surface area contributed by atoms with Crippen LogP contribution in [-0.2, 0) is 13.1 Å². The fourth-order valence-electron chi connectivity index (χ4n) is 1.56. The van der Waals surface area contributed by atoms with E-state index >= 15 is 0 Å². The molecule has 0 unspecified atom stereocenters. The second-order valence-corrected chi connectivity index (χ2v) is 5.76. The summed E-state index contributed by atoms with van der Waals surface area (Å²) in [5.74, 6) is 0. The van der Waals surface area contributed by atoms with Crippen LogP contribution in [0.1, 0.15) is 10.6 Å². The third-order valence-electron chi connectivity index (χ3n) is 2.33. The quantitative estimate of drug-likeness (QED) is 0.926. The summed E-state index contributed by atoms with van der Waals surface area (Å²) >= 11 is 7.51. The Morgan fingerprint density at radius 2 is 2.12 bits per heavy atom. The van der Waals surface area contributed by atoms with Gasteiger partial charge in [0.1, 0.15) is 0 Å². The molecule has 0 spiro atoms. The number of hydrogen-bond donors (Lipinski definition) is 1. The summed E-state index contributed by atoms with van der Waals surface area (Å²) in [6, 6.07) is 7.81. The molecule has 17 heavy (non-hydrogen) atoms. The van der Waals surface area contributed by atoms with E-state index in [-0.39, 0.29) is 0 Å². The van der Waals surface area contributed by atoms with Crippen LogP contribution in [-0.4, -0.2) is 16.9 Å². The van der Waals surface area contributed by atoms with Crippen molar-refractivity contribution in [3.05, 3.63) is 45.4 Å². The highest BCUT2D eigenvalue weighted by Crippen LogP contribution is 2.22. The molecule has 0 saturated carbocycles. The van der Waals surface area contributed by atoms with Gasteiger partial charge in [-0.1, -0.05) is 11.6 Å². The van der Waals surface area contributed by atoms with Crippen LogP contribution in [0.4, 0.5) is 5.69 Å². The van der Waals surface area contributed by atoms with Gasteiger partial charge in [-0.2, -0.15) is 0 Å². The standard InChI is InChI=1S/C12H14ClN3S/c1-16(8-11-4-5-12(13)17-11)7-10-3-2-9(14)6-15-10/h2-6H,7-8,14H2,1H3. The first-order valence-electron chi connectivity index (χ1n) is 5.26. The van der Waals surface area contributed by atoms with Gasteiger partial charge in [0.25, 0.3) is 0 Å². The number of nitrogen functional groups attached to an aromatic ring is 1. The smallest absolute Gasteiger partial charge is 0.0931 e. The molecule has 0 aliphatic rings. The molecule has 2 heterocycles. The molecule has 3 nitrogen and oxygen atoms in total. The van der Waals surface area contributed by atoms with Crippen LogP contribution in [0.5, 0.6) is 0 Å². The summed E-state index contributed by atoms with van der Waals surface area (Å²) in [5, 5.41) is 0. The minimum Gasteiger partial charge on any atom is -0.397 e. The molecule has 0 saturated heterocycles. The van der Waals surface area contributed by atoms with Gasteiger partial charge in [-0.3, -0.25) is 9.88 Å². The Labute approximate surface area is 110 Å². The molecule has 2 rings (SSSR count). The van der Waals surface area contributed by atoms with Crippen molar-refractivity contribution in [2.24, 2.45) is 0 Å². The average molecular weight is 268 g/mol. The SMILES string of the molecule is CN(Cc1ccc(N)cn1)Cc1ccc(Cl)s1. The Balaban J connectivity index is 1.93. The number of halogens is 1. The lowest BCUT2D eigenvalue weighted by atomic mass is 10.3. The number of hydrogen-bond acceptors (Lipinski definition) is 4. The number of pyridine rings is 1. The molecule has 2 N–H and O–H groups in total. The van der Waals surface area contributed by atoms with Crippen molar-refractivity contribution in [1.82, 2.24) is 9.88 Å². The van der Waals surface area contributed by atoms with Crippen molar-refractivity contribution >= 4 is 28.6 Å². The minimum atomic E-state index is 0.696. The lowest BCUT2D eigenvalue weighted by Gasteiger charge is -2.14. The van der Waals surface area contributed by atoms with E-state index in [4.69, 9.17) is 17.3 Å². The summed E-state index contributed by atoms with van der Waals surface area (Å²) in [4.78, 5) is 7.73. The summed E-state index contributed by atoms with van der Waals surface area (Å²) in [6.45, 7) is 1.68. The van der Waals surface area contributed by atoms with Crippen LogP contribution in [0.25, 0.3) is 0 Å². The molecule has 0 atom stereocenters. The second kappa shape index (κ2) is 5.49. The number of nitrogens with two attached hydrogens (primary N) is 1. The number of thiophene rings is 1. The van der Waals surface area contributed by atoms with E-state index < -0.39 is 0 Å². The molecule has 0 aliphatic carbocycles. The van der Waals surface area contributed by atoms with Crippen LogP contribution in [0, 0.1) is 0 Å². The molecule has 0 fully saturated rings. The van der Waals surface area contributed by atoms with Gasteiger partial charge in [0.2, 0.25) is 0 Å². The topological polar surface area (TPSA) is 42.1 Å². The van der Waals surface area contributed by atoms with Gasteiger partial charge in [-0.25, -0.2) is 0 Å². The zero-order chi connectivity index (χ0) is 12.3. The van der Waals surface area contributed by atoms with Crippen molar-refractivity contribution in [2.75, 3.05) is 12.8 Å². The highest BCUT2D eigenvalue weighted by molar-refractivity contribution is 7.16. The Morgan fingerprint density at radius 1 is 1.29 bits per heavy atom. The van der Waals surface area contributed by atoms with Crippen molar-refractivity contribution < 1.29 is 0 Å². The largest absolute Gasteiger partial charge is 0.397 e. The van der Waals surface area contributed by atoms with Crippen LogP contribution in [0.15, 0.2) is 30.5 Å². The summed E-state index contributed by atoms with van der Waals surface area (Å²) in [7, 11) is 2.06. The van der Waals surface area contributed by atoms with E-state index in [9.17, 15) is 0 Å². The molecular weight excluding hydrogens is 254 g/mol. The van der Waals surface area contributed by atoms with E-state index in [1.807, 2.05) is 18.2 Å². The van der Waals surface area contributed by atoms with E-state index in [0.717, 1.165) is 23.1 Å². The average Bonchev–Trinajstić information content (AvgIpc) is 2.67. The zero-order valence-electron chi connectivity index (χ0n) is 9.56. The maximum Gasteiger partial charge on any atom is 0.0931 e. The molecule has 0 bridgehead atoms. The molecule has 2 aromatic rings. The minimum absolute atomic E-state index is 0.696. The lowest BCUT2D eigenvalue weighted by Crippen LogP contribution is -2.17. The van der Waals surface area contributed by atoms with Crippen LogP contribution < -0.4 is 5.73 Å². The number of rotatable bonds is 4. The highest BCUT2D eigenvalue weighted by atomic mass is 35.5. The number of anilines is 1. The van der Waals surface area contributed by atoms with Gasteiger partial charge in [0, 0.05) is 18.0 Å². The third-order valence-corrected chi connectivity index (χ3v) is 3.55. The van der Waals surface area contributed by atoms with Gasteiger partial charge in [0.05, 0.1) is 21.9 Å². The molecule has 0 amide bonds. The Kier molecular flexibility index (Phi) is 3.99. The number of aromatic nitrogens is 1. The fourth-order valence-corrected chi connectivity index (χ4v) is 2.73. The first-order chi connectivity index (χ1) is 8.13. The van der Waals surface area contributed by atoms with Crippen molar-refractivity contribution in [2.45, 2.75) is 13.1 Å². The maximum absolute atomic E-state index is 5.90. The molecule has 2 aromatic heterocycles. The van der Waals surface area contributed by atoms with Gasteiger partial charge in [-0.15, -0.1) is 11.3 Å². The van der Waals surface area contributed by atoms with Gasteiger partial charge in [-0.05, 0) is 31.3 Å². The lowest BCUT2D eigenvalue weighted by molar-refractivity contribution is 0.318. The van der Waals surface area contributed by atoms with E-state index in [2.05, 4.69) is 23.0 Å². The van der Waals surface area contributed by atoms with Crippen LogP contribution in [0.2, 0.25) is 4.34 Å². The van der Waals surface area contributed by atoms with Crippen LogP contribution >= 0.6 is 22.9 Å². The summed E-state index contributed by atoms with van der Waals surface area (Å²) in [5.41, 5.74) is 7.31. The van der Waals surface area contributed by atoms with Crippen molar-refractivity contribution in [3.8, 4) is 0 Å².